The average Bonchev–Trinajstić information content (AvgIpc) is 2.63. The number of carbonyl (C=O) groups is 1. The second-order valence-corrected chi connectivity index (χ2v) is 8.79. The fraction of sp³-hybridized carbons (Fsp3) is 0.562. The van der Waals surface area contributed by atoms with Crippen LogP contribution in [0.15, 0.2) is 29.2 Å². The predicted molar refractivity (Wildman–Crippen MR) is 93.3 cm³/mol. The minimum atomic E-state index is -5.79. The molecule has 0 radical (unpaired) electrons. The first-order valence-electron chi connectivity index (χ1n) is 8.54. The van der Waals surface area contributed by atoms with Crippen molar-refractivity contribution >= 4 is 27.7 Å². The smallest absolute Gasteiger partial charge is 0.426 e. The van der Waals surface area contributed by atoms with E-state index in [1.807, 2.05) is 0 Å². The molecule has 170 valence electrons. The number of benzene rings is 1. The van der Waals surface area contributed by atoms with Crippen molar-refractivity contribution in [3.8, 4) is 0 Å². The molecular weight excluding hydrogens is 465 g/mol. The standard InChI is InChI=1S/C16H17ClF6N2O4S/c17-11-1-3-12(4-2-11)30(27,28)24-9-10-5-7-25(8-6-10)14(26)29-13(15(18,19)20)16(21,22)23/h1-4,10,13,24H,5-9H2/i14-1. The third-order valence-electron chi connectivity index (χ3n) is 4.37. The summed E-state index contributed by atoms with van der Waals surface area (Å²) in [5.41, 5.74) is 0. The van der Waals surface area contributed by atoms with Crippen molar-refractivity contribution in [2.75, 3.05) is 19.6 Å². The number of hydrogen-bond donors (Lipinski definition) is 1. The summed E-state index contributed by atoms with van der Waals surface area (Å²) in [5, 5.41) is 0.353. The van der Waals surface area contributed by atoms with Gasteiger partial charge >= 0.3 is 18.4 Å². The van der Waals surface area contributed by atoms with Crippen LogP contribution in [0.25, 0.3) is 0 Å². The number of likely N-dealkylation sites (tertiary alicyclic amines) is 1. The van der Waals surface area contributed by atoms with Crippen LogP contribution in [0.3, 0.4) is 0 Å². The topological polar surface area (TPSA) is 75.7 Å². The molecular formula is C16H17ClF6N2O4S. The molecule has 0 bridgehead atoms. The zero-order chi connectivity index (χ0) is 22.7. The lowest BCUT2D eigenvalue weighted by Gasteiger charge is -2.33. The molecule has 1 heterocycles. The number of rotatable bonds is 5. The molecule has 1 aliphatic heterocycles. The first kappa shape index (κ1) is 24.5. The van der Waals surface area contributed by atoms with Crippen molar-refractivity contribution < 1.29 is 44.3 Å². The summed E-state index contributed by atoms with van der Waals surface area (Å²) in [6.45, 7) is -0.356. The van der Waals surface area contributed by atoms with Gasteiger partial charge in [-0.05, 0) is 43.0 Å². The van der Waals surface area contributed by atoms with Crippen molar-refractivity contribution in [1.29, 1.82) is 0 Å². The first-order chi connectivity index (χ1) is 13.7. The Labute approximate surface area is 173 Å². The molecule has 30 heavy (non-hydrogen) atoms. The van der Waals surface area contributed by atoms with Crippen molar-refractivity contribution in [3.05, 3.63) is 29.3 Å². The lowest BCUT2D eigenvalue weighted by atomic mass is 9.95. The number of halogens is 7. The van der Waals surface area contributed by atoms with Crippen molar-refractivity contribution in [3.63, 3.8) is 0 Å². The normalized spacial score (nSPS) is 16.7. The maximum Gasteiger partial charge on any atom is 0.434 e. The molecule has 1 aromatic carbocycles. The second-order valence-electron chi connectivity index (χ2n) is 6.58. The van der Waals surface area contributed by atoms with Crippen LogP contribution >= 0.6 is 11.6 Å². The SMILES string of the molecule is O=[11C](OC(C(F)(F)F)C(F)(F)F)N1CCC(CNS(=O)(=O)c2ccc(Cl)cc2)CC1. The largest absolute Gasteiger partial charge is 0.434 e. The third kappa shape index (κ3) is 6.64. The Morgan fingerprint density at radius 1 is 1.10 bits per heavy atom. The van der Waals surface area contributed by atoms with E-state index in [1.165, 1.54) is 24.3 Å². The van der Waals surface area contributed by atoms with Crippen molar-refractivity contribution in [1.82, 2.24) is 9.62 Å². The molecule has 0 atom stereocenters. The summed E-state index contributed by atoms with van der Waals surface area (Å²) >= 11 is 5.70. The summed E-state index contributed by atoms with van der Waals surface area (Å²) in [6.07, 6.45) is -17.2. The van der Waals surface area contributed by atoms with Gasteiger partial charge in [0.25, 0.3) is 6.10 Å². The lowest BCUT2D eigenvalue weighted by Crippen LogP contribution is -2.49. The first-order valence-corrected chi connectivity index (χ1v) is 10.4. The maximum atomic E-state index is 12.5. The van der Waals surface area contributed by atoms with Gasteiger partial charge in [0, 0.05) is 24.7 Å². The summed E-state index contributed by atoms with van der Waals surface area (Å²) in [5.74, 6) is -0.267. The molecule has 1 aromatic rings. The molecule has 1 amide bonds. The molecule has 0 unspecified atom stereocenters. The van der Waals surface area contributed by atoms with Gasteiger partial charge in [-0.3, -0.25) is 0 Å². The highest BCUT2D eigenvalue weighted by Crippen LogP contribution is 2.36. The Bertz CT molecular complexity index is 823. The summed E-state index contributed by atoms with van der Waals surface area (Å²) < 4.78 is 105. The monoisotopic (exact) mass is 481 g/mol. The van der Waals surface area contributed by atoms with Crippen LogP contribution in [0.1, 0.15) is 12.8 Å². The number of amides is 1. The highest BCUT2D eigenvalue weighted by atomic mass is 35.5. The van der Waals surface area contributed by atoms with Gasteiger partial charge in [0.15, 0.2) is 0 Å². The molecule has 0 spiro atoms. The molecule has 1 saturated heterocycles. The Kier molecular flexibility index (Phi) is 7.51. The van der Waals surface area contributed by atoms with E-state index in [2.05, 4.69) is 9.46 Å². The molecule has 1 aliphatic rings. The Balaban J connectivity index is 1.87. The third-order valence-corrected chi connectivity index (χ3v) is 6.06. The Morgan fingerprint density at radius 2 is 1.60 bits per heavy atom. The van der Waals surface area contributed by atoms with Gasteiger partial charge in [-0.2, -0.15) is 26.3 Å². The molecule has 6 nitrogen and oxygen atoms in total. The van der Waals surface area contributed by atoms with Gasteiger partial charge in [-0.25, -0.2) is 17.9 Å². The highest BCUT2D eigenvalue weighted by Gasteiger charge is 2.60. The van der Waals surface area contributed by atoms with Crippen molar-refractivity contribution in [2.24, 2.45) is 5.92 Å². The van der Waals surface area contributed by atoms with E-state index in [9.17, 15) is 39.6 Å². The van der Waals surface area contributed by atoms with Crippen molar-refractivity contribution in [2.45, 2.75) is 36.2 Å². The number of carbonyl (C=O) groups excluding carboxylic acids is 1. The fourth-order valence-corrected chi connectivity index (χ4v) is 3.98. The predicted octanol–water partition coefficient (Wildman–Crippen LogP) is 3.96. The van der Waals surface area contributed by atoms with Gasteiger partial charge in [0.05, 0.1) is 4.90 Å². The fourth-order valence-electron chi connectivity index (χ4n) is 2.74. The molecule has 1 fully saturated rings. The van der Waals surface area contributed by atoms with Gasteiger partial charge in [-0.1, -0.05) is 11.6 Å². The van der Waals surface area contributed by atoms with Crippen LogP contribution in [0.5, 0.6) is 0 Å². The number of ether oxygens (including phenoxy) is 1. The second kappa shape index (κ2) is 9.18. The van der Waals surface area contributed by atoms with E-state index in [-0.39, 0.29) is 43.3 Å². The Morgan fingerprint density at radius 3 is 2.07 bits per heavy atom. The minimum Gasteiger partial charge on any atom is -0.426 e. The van der Waals surface area contributed by atoms with E-state index in [1.54, 1.807) is 0 Å². The highest BCUT2D eigenvalue weighted by molar-refractivity contribution is 7.89. The summed E-state index contributed by atoms with van der Waals surface area (Å²) in [7, 11) is -3.82. The van der Waals surface area contributed by atoms with Crippen LogP contribution in [0.2, 0.25) is 5.02 Å². The summed E-state index contributed by atoms with van der Waals surface area (Å²) in [4.78, 5) is 12.4. The number of alkyl halides is 6. The van der Waals surface area contributed by atoms with Gasteiger partial charge in [-0.15, -0.1) is 0 Å². The van der Waals surface area contributed by atoms with Gasteiger partial charge in [0.2, 0.25) is 10.0 Å². The molecule has 14 heteroatoms. The average molecular weight is 482 g/mol. The zero-order valence-corrected chi connectivity index (χ0v) is 16.7. The molecule has 0 saturated carbocycles. The van der Waals surface area contributed by atoms with Crippen LogP contribution in [0, 0.1) is 5.92 Å². The quantitative estimate of drug-likeness (QED) is 0.646. The van der Waals surface area contributed by atoms with Crippen LogP contribution < -0.4 is 4.72 Å². The van der Waals surface area contributed by atoms with Crippen LogP contribution in [0.4, 0.5) is 31.1 Å². The number of piperidine rings is 1. The van der Waals surface area contributed by atoms with Crippen LogP contribution in [-0.4, -0.2) is 57.5 Å². The Hall–Kier alpha value is -1.73. The maximum absolute atomic E-state index is 12.5. The van der Waals surface area contributed by atoms with E-state index >= 15 is 0 Å². The number of sulfonamides is 1. The van der Waals surface area contributed by atoms with E-state index in [0.717, 1.165) is 4.90 Å². The van der Waals surface area contributed by atoms with Gasteiger partial charge in [0.1, 0.15) is 0 Å². The van der Waals surface area contributed by atoms with E-state index < -0.39 is 34.6 Å². The number of hydrogen-bond acceptors (Lipinski definition) is 4. The molecule has 0 aliphatic carbocycles. The number of nitrogens with one attached hydrogen (secondary N) is 1. The molecule has 1 N–H and O–H groups in total. The number of nitrogens with zero attached hydrogens (tertiary/aromatic N) is 1. The lowest BCUT2D eigenvalue weighted by molar-refractivity contribution is -0.308. The van der Waals surface area contributed by atoms with Gasteiger partial charge < -0.3 is 9.64 Å². The summed E-state index contributed by atoms with van der Waals surface area (Å²) in [6, 6.07) is 5.41. The van der Waals surface area contributed by atoms with E-state index in [0.29, 0.717) is 5.02 Å². The van der Waals surface area contributed by atoms with Crippen LogP contribution in [-0.2, 0) is 14.8 Å². The van der Waals surface area contributed by atoms with E-state index in [4.69, 9.17) is 11.6 Å². The molecule has 2 rings (SSSR count). The zero-order valence-electron chi connectivity index (χ0n) is 15.1. The molecule has 0 aromatic heterocycles. The minimum absolute atomic E-state index is 0.0123.